The summed E-state index contributed by atoms with van der Waals surface area (Å²) in [5.74, 6) is -0.186. The van der Waals surface area contributed by atoms with E-state index in [1.807, 2.05) is 6.07 Å². The van der Waals surface area contributed by atoms with Crippen molar-refractivity contribution in [3.8, 4) is 11.8 Å². The lowest BCUT2D eigenvalue weighted by Gasteiger charge is -2.34. The van der Waals surface area contributed by atoms with E-state index in [2.05, 4.69) is 5.32 Å². The molecule has 4 rings (SSSR count). The average molecular weight is 502 g/mol. The molecule has 0 aliphatic carbocycles. The number of nitrogens with zero attached hydrogens (tertiary/aromatic N) is 2. The highest BCUT2D eigenvalue weighted by molar-refractivity contribution is 7.92. The van der Waals surface area contributed by atoms with Crippen molar-refractivity contribution in [1.29, 1.82) is 5.26 Å². The maximum Gasteiger partial charge on any atom is 0.264 e. The topological polar surface area (TPSA) is 99.5 Å². The number of hydrogen-bond donors (Lipinski definition) is 1. The minimum atomic E-state index is -4.00. The lowest BCUT2D eigenvalue weighted by atomic mass is 10.2. The van der Waals surface area contributed by atoms with Gasteiger partial charge in [0.05, 0.1) is 44.4 Å². The number of ether oxygens (including phenoxy) is 1. The Bertz CT molecular complexity index is 1380. The monoisotopic (exact) mass is 501 g/mol. The maximum atomic E-state index is 13.4. The molecule has 1 aliphatic rings. The first kappa shape index (κ1) is 22.9. The van der Waals surface area contributed by atoms with E-state index in [9.17, 15) is 13.2 Å². The van der Waals surface area contributed by atoms with Crippen LogP contribution in [0.4, 0.5) is 11.4 Å². The molecule has 1 amide bonds. The minimum Gasteiger partial charge on any atom is -0.487 e. The van der Waals surface area contributed by atoms with E-state index in [0.29, 0.717) is 11.4 Å². The molecule has 0 radical (unpaired) electrons. The molecule has 3 aromatic rings. The van der Waals surface area contributed by atoms with Gasteiger partial charge in [0.15, 0.2) is 0 Å². The summed E-state index contributed by atoms with van der Waals surface area (Å²) in [5.41, 5.74) is 0.939. The Hall–Kier alpha value is -3.25. The molecule has 168 valence electrons. The van der Waals surface area contributed by atoms with Crippen molar-refractivity contribution in [1.82, 2.24) is 0 Å². The predicted molar refractivity (Wildman–Crippen MR) is 127 cm³/mol. The summed E-state index contributed by atoms with van der Waals surface area (Å²) in [7, 11) is -4.00. The molecule has 0 saturated heterocycles. The van der Waals surface area contributed by atoms with Gasteiger partial charge >= 0.3 is 0 Å². The van der Waals surface area contributed by atoms with Gasteiger partial charge in [-0.2, -0.15) is 5.26 Å². The zero-order chi connectivity index (χ0) is 23.8. The van der Waals surface area contributed by atoms with Gasteiger partial charge in [-0.3, -0.25) is 9.10 Å². The fourth-order valence-electron chi connectivity index (χ4n) is 3.46. The van der Waals surface area contributed by atoms with Gasteiger partial charge in [-0.1, -0.05) is 35.3 Å². The van der Waals surface area contributed by atoms with Crippen LogP contribution in [0, 0.1) is 11.3 Å². The summed E-state index contributed by atoms with van der Waals surface area (Å²) >= 11 is 12.2. The van der Waals surface area contributed by atoms with Crippen molar-refractivity contribution in [3.05, 3.63) is 81.8 Å². The molecule has 7 nitrogen and oxygen atoms in total. The Labute approximate surface area is 201 Å². The first-order valence-electron chi connectivity index (χ1n) is 9.79. The Kier molecular flexibility index (Phi) is 6.21. The number of fused-ring (bicyclic) bond motifs is 1. The number of nitriles is 1. The second kappa shape index (κ2) is 8.94. The molecule has 0 unspecified atom stereocenters. The summed E-state index contributed by atoms with van der Waals surface area (Å²) in [4.78, 5) is 12.8. The number of carbonyl (C=O) groups excluding carboxylic acids is 1. The van der Waals surface area contributed by atoms with Crippen LogP contribution in [0.1, 0.15) is 22.8 Å². The highest BCUT2D eigenvalue weighted by Crippen LogP contribution is 2.39. The largest absolute Gasteiger partial charge is 0.487 e. The predicted octanol–water partition coefficient (Wildman–Crippen LogP) is 5.09. The highest BCUT2D eigenvalue weighted by Gasteiger charge is 2.33. The molecule has 1 atom stereocenters. The van der Waals surface area contributed by atoms with Gasteiger partial charge < -0.3 is 10.1 Å². The lowest BCUT2D eigenvalue weighted by Crippen LogP contribution is -2.42. The lowest BCUT2D eigenvalue weighted by molar-refractivity contribution is 0.102. The Morgan fingerprint density at radius 3 is 2.52 bits per heavy atom. The maximum absolute atomic E-state index is 13.4. The van der Waals surface area contributed by atoms with Crippen molar-refractivity contribution >= 4 is 50.5 Å². The molecule has 1 N–H and O–H groups in total. The number of halogens is 2. The Morgan fingerprint density at radius 1 is 1.12 bits per heavy atom. The van der Waals surface area contributed by atoms with Gasteiger partial charge in [0, 0.05) is 5.69 Å². The normalized spacial score (nSPS) is 15.2. The number of sulfonamides is 1. The van der Waals surface area contributed by atoms with E-state index >= 15 is 0 Å². The molecule has 1 aliphatic heterocycles. The van der Waals surface area contributed by atoms with Crippen molar-refractivity contribution < 1.29 is 17.9 Å². The van der Waals surface area contributed by atoms with Gasteiger partial charge in [0.25, 0.3) is 15.9 Å². The van der Waals surface area contributed by atoms with Crippen LogP contribution in [0.15, 0.2) is 65.6 Å². The van der Waals surface area contributed by atoms with Crippen molar-refractivity contribution in [3.63, 3.8) is 0 Å². The van der Waals surface area contributed by atoms with E-state index in [-0.39, 0.29) is 38.3 Å². The first-order valence-corrected chi connectivity index (χ1v) is 12.0. The molecule has 0 fully saturated rings. The molecule has 0 spiro atoms. The molecule has 1 heterocycles. The summed E-state index contributed by atoms with van der Waals surface area (Å²) in [6, 6.07) is 17.2. The van der Waals surface area contributed by atoms with Gasteiger partial charge in [-0.25, -0.2) is 8.42 Å². The Balaban J connectivity index is 1.72. The molecule has 0 bridgehead atoms. The molecular formula is C23H17Cl2N3O4S. The quantitative estimate of drug-likeness (QED) is 0.536. The van der Waals surface area contributed by atoms with E-state index in [0.717, 1.165) is 0 Å². The number of nitrogens with one attached hydrogen (secondary N) is 1. The van der Waals surface area contributed by atoms with E-state index in [1.54, 1.807) is 37.3 Å². The third-order valence-electron chi connectivity index (χ3n) is 4.98. The number of carbonyl (C=O) groups is 1. The fraction of sp³-hybridized carbons (Fsp3) is 0.130. The van der Waals surface area contributed by atoms with Gasteiger partial charge in [0.2, 0.25) is 0 Å². The second-order valence-electron chi connectivity index (χ2n) is 7.34. The summed E-state index contributed by atoms with van der Waals surface area (Å²) in [6.45, 7) is 1.81. The van der Waals surface area contributed by atoms with Gasteiger partial charge in [0.1, 0.15) is 11.9 Å². The first-order chi connectivity index (χ1) is 15.7. The van der Waals surface area contributed by atoms with Crippen LogP contribution in [-0.4, -0.2) is 27.0 Å². The molecule has 3 aromatic carbocycles. The third-order valence-corrected chi connectivity index (χ3v) is 7.38. The van der Waals surface area contributed by atoms with Crippen LogP contribution < -0.4 is 14.4 Å². The molecule has 33 heavy (non-hydrogen) atoms. The molecule has 0 saturated carbocycles. The minimum absolute atomic E-state index is 0.0149. The second-order valence-corrected chi connectivity index (χ2v) is 10.0. The molecule has 0 aromatic heterocycles. The van der Waals surface area contributed by atoms with Crippen LogP contribution >= 0.6 is 23.2 Å². The summed E-state index contributed by atoms with van der Waals surface area (Å²) in [5, 5.41) is 12.2. The number of benzene rings is 3. The fourth-order valence-corrected chi connectivity index (χ4v) is 5.62. The van der Waals surface area contributed by atoms with E-state index < -0.39 is 22.0 Å². The van der Waals surface area contributed by atoms with E-state index in [1.165, 1.54) is 34.6 Å². The van der Waals surface area contributed by atoms with Crippen LogP contribution in [-0.2, 0) is 10.0 Å². The Morgan fingerprint density at radius 2 is 1.82 bits per heavy atom. The average Bonchev–Trinajstić information content (AvgIpc) is 2.78. The number of anilines is 2. The summed E-state index contributed by atoms with van der Waals surface area (Å²) in [6.07, 6.45) is -0.409. The zero-order valence-corrected chi connectivity index (χ0v) is 19.6. The van der Waals surface area contributed by atoms with Crippen LogP contribution in [0.3, 0.4) is 0 Å². The molecular weight excluding hydrogens is 485 g/mol. The van der Waals surface area contributed by atoms with Crippen molar-refractivity contribution in [2.45, 2.75) is 17.9 Å². The van der Waals surface area contributed by atoms with Crippen molar-refractivity contribution in [2.24, 2.45) is 0 Å². The van der Waals surface area contributed by atoms with Crippen molar-refractivity contribution in [2.75, 3.05) is 16.2 Å². The van der Waals surface area contributed by atoms with Gasteiger partial charge in [-0.05, 0) is 55.5 Å². The molecule has 10 heteroatoms. The smallest absolute Gasteiger partial charge is 0.264 e. The standard InChI is InChI=1S/C23H17Cl2N3O4S/c1-14-13-28(33(30,31)17-5-2-4-15(10-17)12-26)20-11-16(8-9-21(20)32-14)27-23(29)22-18(24)6-3-7-19(22)25/h2-11,14H,13H2,1H3,(H,27,29)/t14-/m0/s1. The third kappa shape index (κ3) is 4.48. The summed E-state index contributed by atoms with van der Waals surface area (Å²) < 4.78 is 33.9. The van der Waals surface area contributed by atoms with Gasteiger partial charge in [-0.15, -0.1) is 0 Å². The van der Waals surface area contributed by atoms with Crippen LogP contribution in [0.5, 0.6) is 5.75 Å². The highest BCUT2D eigenvalue weighted by atomic mass is 35.5. The number of amides is 1. The number of hydrogen-bond acceptors (Lipinski definition) is 5. The number of rotatable bonds is 4. The van der Waals surface area contributed by atoms with Crippen LogP contribution in [0.2, 0.25) is 10.0 Å². The van der Waals surface area contributed by atoms with Crippen LogP contribution in [0.25, 0.3) is 0 Å². The zero-order valence-electron chi connectivity index (χ0n) is 17.2. The van der Waals surface area contributed by atoms with E-state index in [4.69, 9.17) is 33.2 Å². The SMILES string of the molecule is C[C@H]1CN(S(=O)(=O)c2cccc(C#N)c2)c2cc(NC(=O)c3c(Cl)cccc3Cl)ccc2O1.